The number of nitrogen functional groups attached to an aromatic ring is 1. The molecule has 0 atom stereocenters. The van der Waals surface area contributed by atoms with Crippen LogP contribution in [0.2, 0.25) is 0 Å². The van der Waals surface area contributed by atoms with Gasteiger partial charge in [-0.25, -0.2) is 4.68 Å². The van der Waals surface area contributed by atoms with Gasteiger partial charge in [-0.2, -0.15) is 5.10 Å². The number of rotatable bonds is 3. The zero-order valence-corrected chi connectivity index (χ0v) is 8.24. The largest absolute Gasteiger partial charge is 0.394 e. The van der Waals surface area contributed by atoms with Crippen molar-refractivity contribution in [1.82, 2.24) is 14.8 Å². The van der Waals surface area contributed by atoms with E-state index in [1.807, 2.05) is 0 Å². The predicted molar refractivity (Wildman–Crippen MR) is 54.8 cm³/mol. The van der Waals surface area contributed by atoms with Gasteiger partial charge in [0.25, 0.3) is 0 Å². The van der Waals surface area contributed by atoms with Crippen LogP contribution >= 0.6 is 11.3 Å². The van der Waals surface area contributed by atoms with Gasteiger partial charge in [0.15, 0.2) is 0 Å². The number of aliphatic hydroxyl groups is 1. The molecule has 0 unspecified atom stereocenters. The zero-order valence-electron chi connectivity index (χ0n) is 7.42. The highest BCUT2D eigenvalue weighted by atomic mass is 32.1. The Kier molecular flexibility index (Phi) is 2.47. The molecule has 5 nitrogen and oxygen atoms in total. The Balaban J connectivity index is 2.33. The summed E-state index contributed by atoms with van der Waals surface area (Å²) in [4.78, 5) is 4.94. The van der Waals surface area contributed by atoms with Crippen molar-refractivity contribution in [2.24, 2.45) is 0 Å². The number of nitrogens with zero attached hydrogens (tertiary/aromatic N) is 3. The predicted octanol–water partition coefficient (Wildman–Crippen LogP) is 0.581. The Labute approximate surface area is 84.8 Å². The van der Waals surface area contributed by atoms with E-state index in [9.17, 15) is 0 Å². The summed E-state index contributed by atoms with van der Waals surface area (Å²) in [5.41, 5.74) is 8.26. The Bertz CT molecular complexity index is 409. The second kappa shape index (κ2) is 3.77. The number of hydrogen-bond acceptors (Lipinski definition) is 5. The maximum Gasteiger partial charge on any atom is 0.122 e. The van der Waals surface area contributed by atoms with Crippen molar-refractivity contribution in [2.75, 3.05) is 12.3 Å². The normalized spacial score (nSPS) is 10.6. The molecule has 0 amide bonds. The first-order valence-corrected chi connectivity index (χ1v) is 5.02. The molecule has 14 heavy (non-hydrogen) atoms. The first kappa shape index (κ1) is 9.17. The van der Waals surface area contributed by atoms with Crippen LogP contribution < -0.4 is 5.73 Å². The molecule has 3 N–H and O–H groups in total. The van der Waals surface area contributed by atoms with E-state index >= 15 is 0 Å². The monoisotopic (exact) mass is 210 g/mol. The van der Waals surface area contributed by atoms with Gasteiger partial charge in [-0.1, -0.05) is 0 Å². The molecule has 0 aliphatic carbocycles. The van der Waals surface area contributed by atoms with Crippen LogP contribution in [-0.4, -0.2) is 26.5 Å². The van der Waals surface area contributed by atoms with E-state index in [1.54, 1.807) is 22.5 Å². The van der Waals surface area contributed by atoms with Crippen LogP contribution in [0.4, 0.5) is 5.82 Å². The number of aliphatic hydroxyl groups excluding tert-OH is 1. The average Bonchev–Trinajstić information content (AvgIpc) is 2.76. The second-order valence-electron chi connectivity index (χ2n) is 2.77. The SMILES string of the molecule is Nc1cc(-c2cncs2)nn1CCO. The van der Waals surface area contributed by atoms with E-state index in [0.717, 1.165) is 10.6 Å². The number of aromatic nitrogens is 3. The standard InChI is InChI=1S/C8H10N4OS/c9-8-3-6(7-4-10-5-14-7)11-12(8)1-2-13/h3-5,13H,1-2,9H2. The van der Waals surface area contributed by atoms with Crippen molar-refractivity contribution >= 4 is 17.2 Å². The lowest BCUT2D eigenvalue weighted by Crippen LogP contribution is -2.07. The molecule has 6 heteroatoms. The fourth-order valence-electron chi connectivity index (χ4n) is 1.17. The Morgan fingerprint density at radius 2 is 2.43 bits per heavy atom. The second-order valence-corrected chi connectivity index (χ2v) is 3.65. The number of nitrogens with two attached hydrogens (primary N) is 1. The van der Waals surface area contributed by atoms with Crippen LogP contribution in [0, 0.1) is 0 Å². The molecule has 0 saturated carbocycles. The summed E-state index contributed by atoms with van der Waals surface area (Å²) in [7, 11) is 0. The van der Waals surface area contributed by atoms with Gasteiger partial charge >= 0.3 is 0 Å². The van der Waals surface area contributed by atoms with Crippen molar-refractivity contribution in [3.8, 4) is 10.6 Å². The topological polar surface area (TPSA) is 77.0 Å². The summed E-state index contributed by atoms with van der Waals surface area (Å²) < 4.78 is 1.58. The first-order valence-electron chi connectivity index (χ1n) is 4.14. The number of thiazole rings is 1. The molecule has 0 bridgehead atoms. The van der Waals surface area contributed by atoms with Crippen molar-refractivity contribution in [2.45, 2.75) is 6.54 Å². The molecule has 2 aromatic heterocycles. The van der Waals surface area contributed by atoms with Gasteiger partial charge in [-0.15, -0.1) is 11.3 Å². The van der Waals surface area contributed by atoms with E-state index in [4.69, 9.17) is 10.8 Å². The van der Waals surface area contributed by atoms with E-state index in [-0.39, 0.29) is 6.61 Å². The highest BCUT2D eigenvalue weighted by Crippen LogP contribution is 2.23. The third-order valence-electron chi connectivity index (χ3n) is 1.81. The highest BCUT2D eigenvalue weighted by molar-refractivity contribution is 7.13. The molecule has 0 aliphatic heterocycles. The van der Waals surface area contributed by atoms with Crippen molar-refractivity contribution in [3.05, 3.63) is 17.8 Å². The average molecular weight is 210 g/mol. The van der Waals surface area contributed by atoms with Crippen LogP contribution in [0.3, 0.4) is 0 Å². The van der Waals surface area contributed by atoms with E-state index in [1.165, 1.54) is 11.3 Å². The van der Waals surface area contributed by atoms with Gasteiger partial charge in [0.2, 0.25) is 0 Å². The summed E-state index contributed by atoms with van der Waals surface area (Å²) >= 11 is 1.51. The minimum absolute atomic E-state index is 0.0357. The molecule has 0 aromatic carbocycles. The minimum Gasteiger partial charge on any atom is -0.394 e. The lowest BCUT2D eigenvalue weighted by molar-refractivity contribution is 0.270. The Morgan fingerprint density at radius 1 is 1.57 bits per heavy atom. The van der Waals surface area contributed by atoms with Crippen LogP contribution in [0.1, 0.15) is 0 Å². The van der Waals surface area contributed by atoms with E-state index < -0.39 is 0 Å². The third-order valence-corrected chi connectivity index (χ3v) is 2.60. The molecule has 0 fully saturated rings. The summed E-state index contributed by atoms with van der Waals surface area (Å²) in [6, 6.07) is 1.78. The summed E-state index contributed by atoms with van der Waals surface area (Å²) in [5.74, 6) is 0.558. The van der Waals surface area contributed by atoms with Crippen molar-refractivity contribution < 1.29 is 5.11 Å². The molecule has 2 heterocycles. The molecule has 2 aromatic rings. The van der Waals surface area contributed by atoms with Crippen LogP contribution in [0.5, 0.6) is 0 Å². The molecule has 0 saturated heterocycles. The summed E-state index contributed by atoms with van der Waals surface area (Å²) in [6.07, 6.45) is 1.75. The molecule has 0 radical (unpaired) electrons. The summed E-state index contributed by atoms with van der Waals surface area (Å²) in [6.45, 7) is 0.457. The molecular formula is C8H10N4OS. The fraction of sp³-hybridized carbons (Fsp3) is 0.250. The van der Waals surface area contributed by atoms with Gasteiger partial charge in [-0.3, -0.25) is 4.98 Å². The first-order chi connectivity index (χ1) is 6.81. The van der Waals surface area contributed by atoms with Crippen molar-refractivity contribution in [3.63, 3.8) is 0 Å². The Morgan fingerprint density at radius 3 is 3.07 bits per heavy atom. The quantitative estimate of drug-likeness (QED) is 0.777. The minimum atomic E-state index is 0.0357. The summed E-state index contributed by atoms with van der Waals surface area (Å²) in [5, 5.41) is 13.0. The Hall–Kier alpha value is -1.40. The van der Waals surface area contributed by atoms with Crippen LogP contribution in [0.15, 0.2) is 17.8 Å². The fourth-order valence-corrected chi connectivity index (χ4v) is 1.75. The van der Waals surface area contributed by atoms with Gasteiger partial charge in [0, 0.05) is 12.3 Å². The molecule has 74 valence electrons. The maximum atomic E-state index is 8.76. The third kappa shape index (κ3) is 1.61. The van der Waals surface area contributed by atoms with Gasteiger partial charge < -0.3 is 10.8 Å². The lowest BCUT2D eigenvalue weighted by atomic mass is 10.4. The lowest BCUT2D eigenvalue weighted by Gasteiger charge is -1.98. The smallest absolute Gasteiger partial charge is 0.122 e. The van der Waals surface area contributed by atoms with E-state index in [2.05, 4.69) is 10.1 Å². The molecule has 0 aliphatic rings. The molecule has 2 rings (SSSR count). The van der Waals surface area contributed by atoms with Gasteiger partial charge in [0.1, 0.15) is 11.5 Å². The highest BCUT2D eigenvalue weighted by Gasteiger charge is 2.07. The molecular weight excluding hydrogens is 200 g/mol. The zero-order chi connectivity index (χ0) is 9.97. The number of anilines is 1. The maximum absolute atomic E-state index is 8.76. The van der Waals surface area contributed by atoms with Crippen molar-refractivity contribution in [1.29, 1.82) is 0 Å². The van der Waals surface area contributed by atoms with E-state index in [0.29, 0.717) is 12.4 Å². The number of hydrogen-bond donors (Lipinski definition) is 2. The van der Waals surface area contributed by atoms with Gasteiger partial charge in [-0.05, 0) is 0 Å². The van der Waals surface area contributed by atoms with Crippen LogP contribution in [-0.2, 0) is 6.54 Å². The molecule has 0 spiro atoms. The van der Waals surface area contributed by atoms with Gasteiger partial charge in [0.05, 0.1) is 23.5 Å². The van der Waals surface area contributed by atoms with Crippen LogP contribution in [0.25, 0.3) is 10.6 Å².